The summed E-state index contributed by atoms with van der Waals surface area (Å²) in [7, 11) is 0. The Kier molecular flexibility index (Phi) is 5.91. The maximum Gasteiger partial charge on any atom is 0.227 e. The number of rotatable bonds is 5. The van der Waals surface area contributed by atoms with E-state index < -0.39 is 5.41 Å². The summed E-state index contributed by atoms with van der Waals surface area (Å²) in [6.07, 6.45) is 5.71. The summed E-state index contributed by atoms with van der Waals surface area (Å²) in [5.41, 5.74) is 6.43. The standard InChI is InChI=1S/C19H30N4O2/c1-15-4-8-23(9-5-15)17-3-2-16(12-21-17)13-22-18(24)19(14-20)6-10-25-11-7-19/h2-3,12,15H,4-11,13-14,20H2,1H3,(H,22,24). The van der Waals surface area contributed by atoms with Crippen LogP contribution in [0.4, 0.5) is 5.82 Å². The van der Waals surface area contributed by atoms with Gasteiger partial charge in [0, 0.05) is 45.6 Å². The minimum atomic E-state index is -0.476. The largest absolute Gasteiger partial charge is 0.381 e. The number of aromatic nitrogens is 1. The summed E-state index contributed by atoms with van der Waals surface area (Å²) in [4.78, 5) is 19.5. The quantitative estimate of drug-likeness (QED) is 0.848. The summed E-state index contributed by atoms with van der Waals surface area (Å²) in [5, 5.41) is 3.04. The third-order valence-corrected chi connectivity index (χ3v) is 5.69. The number of amides is 1. The van der Waals surface area contributed by atoms with Crippen LogP contribution in [0.5, 0.6) is 0 Å². The summed E-state index contributed by atoms with van der Waals surface area (Å²) in [6, 6.07) is 4.12. The van der Waals surface area contributed by atoms with Crippen molar-refractivity contribution in [3.63, 3.8) is 0 Å². The summed E-state index contributed by atoms with van der Waals surface area (Å²) < 4.78 is 5.37. The van der Waals surface area contributed by atoms with Crippen molar-refractivity contribution in [3.05, 3.63) is 23.9 Å². The molecule has 0 atom stereocenters. The zero-order chi connectivity index (χ0) is 17.7. The van der Waals surface area contributed by atoms with E-state index in [1.165, 1.54) is 12.8 Å². The summed E-state index contributed by atoms with van der Waals surface area (Å²) in [5.74, 6) is 1.88. The molecule has 2 aliphatic rings. The number of pyridine rings is 1. The van der Waals surface area contributed by atoms with Crippen LogP contribution in [-0.4, -0.2) is 43.7 Å². The first-order valence-electron chi connectivity index (χ1n) is 9.39. The fraction of sp³-hybridized carbons (Fsp3) is 0.684. The SMILES string of the molecule is CC1CCN(c2ccc(CNC(=O)C3(CN)CCOCC3)cn2)CC1. The highest BCUT2D eigenvalue weighted by Crippen LogP contribution is 2.29. The number of nitrogens with one attached hydrogen (secondary N) is 1. The average Bonchev–Trinajstić information content (AvgIpc) is 2.67. The van der Waals surface area contributed by atoms with Gasteiger partial charge in [0.05, 0.1) is 5.41 Å². The number of nitrogens with two attached hydrogens (primary N) is 1. The Morgan fingerprint density at radius 2 is 2.08 bits per heavy atom. The van der Waals surface area contributed by atoms with Crippen molar-refractivity contribution < 1.29 is 9.53 Å². The van der Waals surface area contributed by atoms with E-state index in [-0.39, 0.29) is 5.91 Å². The molecule has 138 valence electrons. The highest BCUT2D eigenvalue weighted by atomic mass is 16.5. The fourth-order valence-corrected chi connectivity index (χ4v) is 3.60. The maximum atomic E-state index is 12.6. The number of hydrogen-bond acceptors (Lipinski definition) is 5. The van der Waals surface area contributed by atoms with Gasteiger partial charge >= 0.3 is 0 Å². The van der Waals surface area contributed by atoms with Crippen LogP contribution in [0.15, 0.2) is 18.3 Å². The number of ether oxygens (including phenoxy) is 1. The molecule has 3 N–H and O–H groups in total. The van der Waals surface area contributed by atoms with Crippen molar-refractivity contribution in [1.82, 2.24) is 10.3 Å². The van der Waals surface area contributed by atoms with Crippen LogP contribution >= 0.6 is 0 Å². The maximum absolute atomic E-state index is 12.6. The topological polar surface area (TPSA) is 80.5 Å². The Morgan fingerprint density at radius 3 is 2.68 bits per heavy atom. The number of nitrogens with zero attached hydrogens (tertiary/aromatic N) is 2. The molecule has 2 aliphatic heterocycles. The van der Waals surface area contributed by atoms with Gasteiger partial charge in [-0.25, -0.2) is 4.98 Å². The number of piperidine rings is 1. The smallest absolute Gasteiger partial charge is 0.227 e. The Balaban J connectivity index is 1.54. The minimum absolute atomic E-state index is 0.0346. The van der Waals surface area contributed by atoms with E-state index >= 15 is 0 Å². The molecule has 6 heteroatoms. The van der Waals surface area contributed by atoms with Crippen LogP contribution in [-0.2, 0) is 16.1 Å². The van der Waals surface area contributed by atoms with E-state index in [2.05, 4.69) is 34.3 Å². The lowest BCUT2D eigenvalue weighted by Crippen LogP contribution is -2.48. The van der Waals surface area contributed by atoms with E-state index in [0.29, 0.717) is 39.1 Å². The lowest BCUT2D eigenvalue weighted by molar-refractivity contribution is -0.136. The normalized spacial score (nSPS) is 21.1. The molecular formula is C19H30N4O2. The zero-order valence-corrected chi connectivity index (χ0v) is 15.2. The summed E-state index contributed by atoms with van der Waals surface area (Å²) >= 11 is 0. The van der Waals surface area contributed by atoms with Crippen LogP contribution < -0.4 is 16.0 Å². The first kappa shape index (κ1) is 18.1. The van der Waals surface area contributed by atoms with E-state index in [1.807, 2.05) is 6.20 Å². The molecule has 1 amide bonds. The van der Waals surface area contributed by atoms with Crippen molar-refractivity contribution in [3.8, 4) is 0 Å². The van der Waals surface area contributed by atoms with Crippen molar-refractivity contribution in [1.29, 1.82) is 0 Å². The van der Waals surface area contributed by atoms with Gasteiger partial charge in [0.15, 0.2) is 0 Å². The molecule has 1 aromatic rings. The number of hydrogen-bond donors (Lipinski definition) is 2. The molecule has 0 bridgehead atoms. The van der Waals surface area contributed by atoms with Crippen molar-refractivity contribution in [2.75, 3.05) is 37.7 Å². The van der Waals surface area contributed by atoms with Crippen LogP contribution in [0.3, 0.4) is 0 Å². The molecule has 0 saturated carbocycles. The van der Waals surface area contributed by atoms with Gasteiger partial charge in [0.1, 0.15) is 5.82 Å². The molecular weight excluding hydrogens is 316 g/mol. The van der Waals surface area contributed by atoms with E-state index in [1.54, 1.807) is 0 Å². The molecule has 0 radical (unpaired) electrons. The molecule has 0 aliphatic carbocycles. The van der Waals surface area contributed by atoms with E-state index in [9.17, 15) is 4.79 Å². The van der Waals surface area contributed by atoms with Crippen molar-refractivity contribution in [2.24, 2.45) is 17.1 Å². The van der Waals surface area contributed by atoms with Crippen LogP contribution in [0.25, 0.3) is 0 Å². The predicted molar refractivity (Wildman–Crippen MR) is 98.2 cm³/mol. The Morgan fingerprint density at radius 1 is 1.36 bits per heavy atom. The molecule has 25 heavy (non-hydrogen) atoms. The molecule has 2 fully saturated rings. The monoisotopic (exact) mass is 346 g/mol. The first-order valence-corrected chi connectivity index (χ1v) is 9.39. The Bertz CT molecular complexity index is 561. The minimum Gasteiger partial charge on any atom is -0.381 e. The van der Waals surface area contributed by atoms with Gasteiger partial charge in [-0.1, -0.05) is 13.0 Å². The fourth-order valence-electron chi connectivity index (χ4n) is 3.60. The Labute approximate surface area is 150 Å². The molecule has 6 nitrogen and oxygen atoms in total. The van der Waals surface area contributed by atoms with E-state index in [4.69, 9.17) is 10.5 Å². The molecule has 1 aromatic heterocycles. The van der Waals surface area contributed by atoms with Gasteiger partial charge < -0.3 is 20.7 Å². The van der Waals surface area contributed by atoms with Gasteiger partial charge in [-0.05, 0) is 43.2 Å². The summed E-state index contributed by atoms with van der Waals surface area (Å²) in [6.45, 7) is 6.53. The molecule has 2 saturated heterocycles. The third-order valence-electron chi connectivity index (χ3n) is 5.69. The van der Waals surface area contributed by atoms with Crippen molar-refractivity contribution in [2.45, 2.75) is 39.2 Å². The number of carbonyl (C=O) groups excluding carboxylic acids is 1. The second-order valence-electron chi connectivity index (χ2n) is 7.47. The molecule has 3 rings (SSSR count). The third kappa shape index (κ3) is 4.30. The lowest BCUT2D eigenvalue weighted by Gasteiger charge is -2.34. The molecule has 3 heterocycles. The van der Waals surface area contributed by atoms with Gasteiger partial charge in [-0.3, -0.25) is 4.79 Å². The molecule has 0 unspecified atom stereocenters. The highest BCUT2D eigenvalue weighted by Gasteiger charge is 2.38. The van der Waals surface area contributed by atoms with Gasteiger partial charge in [-0.15, -0.1) is 0 Å². The van der Waals surface area contributed by atoms with Crippen LogP contribution in [0.1, 0.15) is 38.2 Å². The van der Waals surface area contributed by atoms with Crippen LogP contribution in [0, 0.1) is 11.3 Å². The predicted octanol–water partition coefficient (Wildman–Crippen LogP) is 1.69. The second kappa shape index (κ2) is 8.15. The molecule has 0 spiro atoms. The van der Waals surface area contributed by atoms with E-state index in [0.717, 1.165) is 30.4 Å². The van der Waals surface area contributed by atoms with Gasteiger partial charge in [0.25, 0.3) is 0 Å². The first-order chi connectivity index (χ1) is 12.1. The van der Waals surface area contributed by atoms with Gasteiger partial charge in [0.2, 0.25) is 5.91 Å². The highest BCUT2D eigenvalue weighted by molar-refractivity contribution is 5.83. The number of carbonyl (C=O) groups is 1. The van der Waals surface area contributed by atoms with Crippen molar-refractivity contribution >= 4 is 11.7 Å². The lowest BCUT2D eigenvalue weighted by atomic mass is 9.79. The molecule has 0 aromatic carbocycles. The second-order valence-corrected chi connectivity index (χ2v) is 7.47. The average molecular weight is 346 g/mol. The van der Waals surface area contributed by atoms with Crippen LogP contribution in [0.2, 0.25) is 0 Å². The Hall–Kier alpha value is -1.66. The zero-order valence-electron chi connectivity index (χ0n) is 15.2. The number of anilines is 1. The van der Waals surface area contributed by atoms with Gasteiger partial charge in [-0.2, -0.15) is 0 Å².